The Kier molecular flexibility index (Phi) is 3.46. The summed E-state index contributed by atoms with van der Waals surface area (Å²) in [6, 6.07) is 9.74. The Morgan fingerprint density at radius 1 is 1.39 bits per heavy atom. The smallest absolute Gasteiger partial charge is 0.305 e. The zero-order chi connectivity index (χ0) is 13.1. The Hall–Kier alpha value is -2.10. The lowest BCUT2D eigenvalue weighted by Crippen LogP contribution is -2.19. The van der Waals surface area contributed by atoms with Crippen LogP contribution in [0.5, 0.6) is 0 Å². The van der Waals surface area contributed by atoms with E-state index in [4.69, 9.17) is 5.11 Å². The molecule has 0 spiro atoms. The van der Waals surface area contributed by atoms with Gasteiger partial charge in [-0.15, -0.1) is 0 Å². The normalized spacial score (nSPS) is 12.3. The van der Waals surface area contributed by atoms with Crippen molar-refractivity contribution < 1.29 is 9.90 Å². The molecule has 1 aromatic carbocycles. The maximum atomic E-state index is 10.6. The van der Waals surface area contributed by atoms with E-state index in [0.29, 0.717) is 0 Å². The average Bonchev–Trinajstić information content (AvgIpc) is 2.28. The first-order valence-electron chi connectivity index (χ1n) is 5.90. The number of anilines is 1. The van der Waals surface area contributed by atoms with Crippen LogP contribution in [0.2, 0.25) is 0 Å². The van der Waals surface area contributed by atoms with Crippen molar-refractivity contribution in [2.24, 2.45) is 0 Å². The van der Waals surface area contributed by atoms with Crippen LogP contribution in [0.15, 0.2) is 30.3 Å². The van der Waals surface area contributed by atoms with Crippen LogP contribution in [-0.4, -0.2) is 22.1 Å². The lowest BCUT2D eigenvalue weighted by Gasteiger charge is -2.13. The number of hydrogen-bond acceptors (Lipinski definition) is 3. The molecule has 1 unspecified atom stereocenters. The van der Waals surface area contributed by atoms with Crippen molar-refractivity contribution in [2.45, 2.75) is 26.3 Å². The first-order chi connectivity index (χ1) is 8.54. The van der Waals surface area contributed by atoms with Gasteiger partial charge in [0, 0.05) is 22.8 Å². The van der Waals surface area contributed by atoms with E-state index in [9.17, 15) is 4.79 Å². The van der Waals surface area contributed by atoms with Crippen LogP contribution in [0.3, 0.4) is 0 Å². The van der Waals surface area contributed by atoms with Gasteiger partial charge >= 0.3 is 5.97 Å². The molecule has 0 aliphatic rings. The standard InChI is InChI=1S/C14H16N2O2/c1-9-3-4-11-8-12(5-6-13(11)16-9)15-10(2)7-14(17)18/h3-6,8,10,15H,7H2,1-2H3,(H,17,18). The van der Waals surface area contributed by atoms with Gasteiger partial charge < -0.3 is 10.4 Å². The van der Waals surface area contributed by atoms with Crippen molar-refractivity contribution in [3.05, 3.63) is 36.0 Å². The summed E-state index contributed by atoms with van der Waals surface area (Å²) < 4.78 is 0. The summed E-state index contributed by atoms with van der Waals surface area (Å²) >= 11 is 0. The first-order valence-corrected chi connectivity index (χ1v) is 5.90. The van der Waals surface area contributed by atoms with Gasteiger partial charge in [0.2, 0.25) is 0 Å². The number of carboxylic acid groups (broad SMARTS) is 1. The van der Waals surface area contributed by atoms with Crippen LogP contribution < -0.4 is 5.32 Å². The van der Waals surface area contributed by atoms with Gasteiger partial charge in [-0.05, 0) is 38.1 Å². The van der Waals surface area contributed by atoms with Crippen LogP contribution >= 0.6 is 0 Å². The largest absolute Gasteiger partial charge is 0.481 e. The molecule has 0 fully saturated rings. The van der Waals surface area contributed by atoms with Gasteiger partial charge in [-0.25, -0.2) is 0 Å². The van der Waals surface area contributed by atoms with Crippen molar-refractivity contribution in [3.8, 4) is 0 Å². The number of carbonyl (C=O) groups is 1. The molecule has 4 heteroatoms. The molecule has 1 aromatic heterocycles. The fourth-order valence-electron chi connectivity index (χ4n) is 1.91. The molecule has 0 saturated heterocycles. The SMILES string of the molecule is Cc1ccc2cc(NC(C)CC(=O)O)ccc2n1. The first kappa shape index (κ1) is 12.4. The molecular weight excluding hydrogens is 228 g/mol. The van der Waals surface area contributed by atoms with Crippen LogP contribution in [0, 0.1) is 6.92 Å². The average molecular weight is 244 g/mol. The molecule has 2 aromatic rings. The molecule has 1 atom stereocenters. The number of fused-ring (bicyclic) bond motifs is 1. The number of aryl methyl sites for hydroxylation is 1. The number of rotatable bonds is 4. The number of nitrogens with one attached hydrogen (secondary N) is 1. The molecule has 2 rings (SSSR count). The summed E-state index contributed by atoms with van der Waals surface area (Å²) in [5.74, 6) is -0.798. The van der Waals surface area contributed by atoms with Crippen molar-refractivity contribution in [2.75, 3.05) is 5.32 Å². The highest BCUT2D eigenvalue weighted by Crippen LogP contribution is 2.19. The van der Waals surface area contributed by atoms with Gasteiger partial charge in [-0.1, -0.05) is 6.07 Å². The van der Waals surface area contributed by atoms with E-state index in [0.717, 1.165) is 22.3 Å². The summed E-state index contributed by atoms with van der Waals surface area (Å²) in [6.07, 6.45) is 0.101. The van der Waals surface area contributed by atoms with E-state index in [1.165, 1.54) is 0 Å². The molecule has 0 radical (unpaired) electrons. The second-order valence-electron chi connectivity index (χ2n) is 4.50. The number of hydrogen-bond donors (Lipinski definition) is 2. The molecule has 1 heterocycles. The molecule has 0 saturated carbocycles. The van der Waals surface area contributed by atoms with Crippen LogP contribution in [0.1, 0.15) is 19.0 Å². The van der Waals surface area contributed by atoms with E-state index in [-0.39, 0.29) is 12.5 Å². The topological polar surface area (TPSA) is 62.2 Å². The number of nitrogens with zero attached hydrogens (tertiary/aromatic N) is 1. The van der Waals surface area contributed by atoms with Gasteiger partial charge in [-0.3, -0.25) is 9.78 Å². The van der Waals surface area contributed by atoms with Crippen LogP contribution in [-0.2, 0) is 4.79 Å². The van der Waals surface area contributed by atoms with Crippen molar-refractivity contribution >= 4 is 22.6 Å². The Morgan fingerprint density at radius 3 is 2.89 bits per heavy atom. The van der Waals surface area contributed by atoms with E-state index < -0.39 is 5.97 Å². The Labute approximate surface area is 106 Å². The van der Waals surface area contributed by atoms with Crippen molar-refractivity contribution in [1.82, 2.24) is 4.98 Å². The lowest BCUT2D eigenvalue weighted by molar-refractivity contribution is -0.137. The van der Waals surface area contributed by atoms with Gasteiger partial charge in [-0.2, -0.15) is 0 Å². The Balaban J connectivity index is 2.20. The predicted octanol–water partition coefficient (Wildman–Crippen LogP) is 2.82. The fourth-order valence-corrected chi connectivity index (χ4v) is 1.91. The zero-order valence-electron chi connectivity index (χ0n) is 10.5. The maximum absolute atomic E-state index is 10.6. The zero-order valence-corrected chi connectivity index (χ0v) is 10.5. The summed E-state index contributed by atoms with van der Waals surface area (Å²) in [5.41, 5.74) is 2.86. The number of aliphatic carboxylic acids is 1. The maximum Gasteiger partial charge on any atom is 0.305 e. The van der Waals surface area contributed by atoms with Crippen LogP contribution in [0.4, 0.5) is 5.69 Å². The lowest BCUT2D eigenvalue weighted by atomic mass is 10.1. The van der Waals surface area contributed by atoms with Crippen molar-refractivity contribution in [3.63, 3.8) is 0 Å². The third-order valence-corrected chi connectivity index (χ3v) is 2.72. The minimum atomic E-state index is -0.798. The molecule has 0 bridgehead atoms. The molecule has 2 N–H and O–H groups in total. The summed E-state index contributed by atoms with van der Waals surface area (Å²) in [7, 11) is 0. The third kappa shape index (κ3) is 2.97. The second kappa shape index (κ2) is 5.04. The van der Waals surface area contributed by atoms with Gasteiger partial charge in [0.05, 0.1) is 11.9 Å². The Morgan fingerprint density at radius 2 is 2.17 bits per heavy atom. The van der Waals surface area contributed by atoms with E-state index in [1.807, 2.05) is 44.2 Å². The van der Waals surface area contributed by atoms with E-state index in [2.05, 4.69) is 10.3 Å². The molecule has 0 aliphatic heterocycles. The quantitative estimate of drug-likeness (QED) is 0.868. The monoisotopic (exact) mass is 244 g/mol. The number of aromatic nitrogens is 1. The minimum absolute atomic E-state index is 0.0987. The highest BCUT2D eigenvalue weighted by Gasteiger charge is 2.07. The minimum Gasteiger partial charge on any atom is -0.481 e. The highest BCUT2D eigenvalue weighted by atomic mass is 16.4. The fraction of sp³-hybridized carbons (Fsp3) is 0.286. The summed E-state index contributed by atoms with van der Waals surface area (Å²) in [5, 5.41) is 12.9. The van der Waals surface area contributed by atoms with E-state index >= 15 is 0 Å². The van der Waals surface area contributed by atoms with Gasteiger partial charge in [0.1, 0.15) is 0 Å². The molecule has 0 amide bonds. The number of pyridine rings is 1. The Bertz CT molecular complexity index is 581. The number of benzene rings is 1. The molecular formula is C14H16N2O2. The highest BCUT2D eigenvalue weighted by molar-refractivity contribution is 5.82. The summed E-state index contributed by atoms with van der Waals surface area (Å²) in [4.78, 5) is 15.0. The second-order valence-corrected chi connectivity index (χ2v) is 4.50. The van der Waals surface area contributed by atoms with Crippen molar-refractivity contribution in [1.29, 1.82) is 0 Å². The molecule has 18 heavy (non-hydrogen) atoms. The predicted molar refractivity (Wildman–Crippen MR) is 71.8 cm³/mol. The third-order valence-electron chi connectivity index (χ3n) is 2.72. The van der Waals surface area contributed by atoms with Gasteiger partial charge in [0.25, 0.3) is 0 Å². The number of carboxylic acids is 1. The molecule has 0 aliphatic carbocycles. The summed E-state index contributed by atoms with van der Waals surface area (Å²) in [6.45, 7) is 3.81. The van der Waals surface area contributed by atoms with Gasteiger partial charge in [0.15, 0.2) is 0 Å². The molecule has 94 valence electrons. The van der Waals surface area contributed by atoms with E-state index in [1.54, 1.807) is 0 Å². The van der Waals surface area contributed by atoms with Crippen LogP contribution in [0.25, 0.3) is 10.9 Å². The molecule has 4 nitrogen and oxygen atoms in total.